The van der Waals surface area contributed by atoms with E-state index in [4.69, 9.17) is 5.73 Å². The molecule has 2 rings (SSSR count). The number of rotatable bonds is 4. The Labute approximate surface area is 123 Å². The first-order chi connectivity index (χ1) is 9.83. The molecule has 4 nitrogen and oxygen atoms in total. The van der Waals surface area contributed by atoms with E-state index in [2.05, 4.69) is 4.72 Å². The van der Waals surface area contributed by atoms with E-state index in [9.17, 15) is 12.8 Å². The first kappa shape index (κ1) is 15.3. The topological polar surface area (TPSA) is 72.2 Å². The van der Waals surface area contributed by atoms with Gasteiger partial charge >= 0.3 is 0 Å². The van der Waals surface area contributed by atoms with E-state index in [1.165, 1.54) is 24.3 Å². The van der Waals surface area contributed by atoms with Gasteiger partial charge < -0.3 is 5.73 Å². The molecular formula is C15H17FN2O2S. The molecule has 0 bridgehead atoms. The summed E-state index contributed by atoms with van der Waals surface area (Å²) in [7, 11) is -3.79. The molecule has 0 aliphatic heterocycles. The lowest BCUT2D eigenvalue weighted by Gasteiger charge is -2.11. The maximum atomic E-state index is 13.5. The lowest BCUT2D eigenvalue weighted by Crippen LogP contribution is -2.13. The Morgan fingerprint density at radius 1 is 1.19 bits per heavy atom. The quantitative estimate of drug-likeness (QED) is 0.853. The molecule has 21 heavy (non-hydrogen) atoms. The van der Waals surface area contributed by atoms with Crippen molar-refractivity contribution < 1.29 is 12.8 Å². The summed E-state index contributed by atoms with van der Waals surface area (Å²) in [6.45, 7) is 3.55. The third-order valence-corrected chi connectivity index (χ3v) is 4.61. The number of aryl methyl sites for hydroxylation is 2. The first-order valence-electron chi connectivity index (χ1n) is 6.51. The van der Waals surface area contributed by atoms with Crippen molar-refractivity contribution in [3.63, 3.8) is 0 Å². The molecule has 0 amide bonds. The third kappa shape index (κ3) is 3.33. The number of benzene rings is 2. The van der Waals surface area contributed by atoms with Crippen molar-refractivity contribution in [2.75, 3.05) is 10.5 Å². The SMILES string of the molecule is CCc1ccc(S(=O)(=O)Nc2ccc(C)c(F)c2)cc1N. The first-order valence-corrected chi connectivity index (χ1v) is 7.99. The Kier molecular flexibility index (Phi) is 4.18. The Morgan fingerprint density at radius 3 is 2.48 bits per heavy atom. The number of nitrogens with two attached hydrogens (primary N) is 1. The molecule has 0 atom stereocenters. The fourth-order valence-corrected chi connectivity index (χ4v) is 3.02. The summed E-state index contributed by atoms with van der Waals surface area (Å²) < 4.78 is 40.3. The van der Waals surface area contributed by atoms with E-state index in [0.717, 1.165) is 18.1 Å². The van der Waals surface area contributed by atoms with Crippen molar-refractivity contribution in [3.05, 3.63) is 53.3 Å². The summed E-state index contributed by atoms with van der Waals surface area (Å²) >= 11 is 0. The zero-order valence-corrected chi connectivity index (χ0v) is 12.7. The molecule has 0 saturated carbocycles. The van der Waals surface area contributed by atoms with Crippen LogP contribution in [-0.4, -0.2) is 8.42 Å². The minimum atomic E-state index is -3.79. The normalized spacial score (nSPS) is 11.4. The van der Waals surface area contributed by atoms with Gasteiger partial charge in [-0.3, -0.25) is 4.72 Å². The average Bonchev–Trinajstić information content (AvgIpc) is 2.42. The number of hydrogen-bond acceptors (Lipinski definition) is 3. The van der Waals surface area contributed by atoms with Gasteiger partial charge in [-0.05, 0) is 48.7 Å². The van der Waals surface area contributed by atoms with Crippen LogP contribution in [0.5, 0.6) is 0 Å². The summed E-state index contributed by atoms with van der Waals surface area (Å²) in [5, 5.41) is 0. The highest BCUT2D eigenvalue weighted by atomic mass is 32.2. The second-order valence-electron chi connectivity index (χ2n) is 4.78. The van der Waals surface area contributed by atoms with E-state index in [-0.39, 0.29) is 10.6 Å². The summed E-state index contributed by atoms with van der Waals surface area (Å²) in [5.41, 5.74) is 7.75. The van der Waals surface area contributed by atoms with Gasteiger partial charge in [0.2, 0.25) is 0 Å². The molecule has 0 aromatic heterocycles. The molecule has 0 spiro atoms. The van der Waals surface area contributed by atoms with Crippen LogP contribution in [0.2, 0.25) is 0 Å². The Bertz CT molecular complexity index is 773. The van der Waals surface area contributed by atoms with E-state index in [1.807, 2.05) is 6.92 Å². The fourth-order valence-electron chi connectivity index (χ4n) is 1.93. The molecule has 3 N–H and O–H groups in total. The molecule has 0 fully saturated rings. The van der Waals surface area contributed by atoms with Crippen LogP contribution >= 0.6 is 0 Å². The van der Waals surface area contributed by atoms with Crippen molar-refractivity contribution in [2.24, 2.45) is 0 Å². The maximum absolute atomic E-state index is 13.5. The highest BCUT2D eigenvalue weighted by Gasteiger charge is 2.16. The summed E-state index contributed by atoms with van der Waals surface area (Å²) in [4.78, 5) is 0.0539. The second-order valence-corrected chi connectivity index (χ2v) is 6.47. The van der Waals surface area contributed by atoms with Gasteiger partial charge in [-0.25, -0.2) is 12.8 Å². The second kappa shape index (κ2) is 5.73. The Morgan fingerprint density at radius 2 is 1.90 bits per heavy atom. The largest absolute Gasteiger partial charge is 0.398 e. The van der Waals surface area contributed by atoms with Crippen molar-refractivity contribution in [1.82, 2.24) is 0 Å². The van der Waals surface area contributed by atoms with Crippen LogP contribution in [0.1, 0.15) is 18.1 Å². The van der Waals surface area contributed by atoms with E-state index in [1.54, 1.807) is 13.0 Å². The Hall–Kier alpha value is -2.08. The molecule has 6 heteroatoms. The van der Waals surface area contributed by atoms with Crippen LogP contribution in [0.4, 0.5) is 15.8 Å². The molecule has 0 aliphatic rings. The van der Waals surface area contributed by atoms with Crippen molar-refractivity contribution >= 4 is 21.4 Å². The molecule has 2 aromatic rings. The number of hydrogen-bond donors (Lipinski definition) is 2. The van der Waals surface area contributed by atoms with E-state index >= 15 is 0 Å². The molecular weight excluding hydrogens is 291 g/mol. The fraction of sp³-hybridized carbons (Fsp3) is 0.200. The van der Waals surface area contributed by atoms with Gasteiger partial charge in [0, 0.05) is 5.69 Å². The number of halogens is 1. The van der Waals surface area contributed by atoms with Crippen molar-refractivity contribution in [2.45, 2.75) is 25.2 Å². The maximum Gasteiger partial charge on any atom is 0.261 e. The molecule has 0 radical (unpaired) electrons. The van der Waals surface area contributed by atoms with Crippen molar-refractivity contribution in [1.29, 1.82) is 0 Å². The lowest BCUT2D eigenvalue weighted by atomic mass is 10.1. The number of anilines is 2. The van der Waals surface area contributed by atoms with Crippen LogP contribution in [-0.2, 0) is 16.4 Å². The highest BCUT2D eigenvalue weighted by molar-refractivity contribution is 7.92. The number of sulfonamides is 1. The van der Waals surface area contributed by atoms with E-state index < -0.39 is 15.8 Å². The summed E-state index contributed by atoms with van der Waals surface area (Å²) in [6, 6.07) is 8.76. The third-order valence-electron chi connectivity index (χ3n) is 3.23. The van der Waals surface area contributed by atoms with Gasteiger partial charge in [0.25, 0.3) is 10.0 Å². The zero-order chi connectivity index (χ0) is 15.6. The zero-order valence-electron chi connectivity index (χ0n) is 11.9. The van der Waals surface area contributed by atoms with E-state index in [0.29, 0.717) is 11.3 Å². The average molecular weight is 308 g/mol. The van der Waals surface area contributed by atoms with Gasteiger partial charge in [0.1, 0.15) is 5.82 Å². The van der Waals surface area contributed by atoms with Gasteiger partial charge in [0.05, 0.1) is 10.6 Å². The predicted octanol–water partition coefficient (Wildman–Crippen LogP) is 3.08. The molecule has 112 valence electrons. The van der Waals surface area contributed by atoms with Gasteiger partial charge in [-0.2, -0.15) is 0 Å². The smallest absolute Gasteiger partial charge is 0.261 e. The monoisotopic (exact) mass is 308 g/mol. The van der Waals surface area contributed by atoms with Crippen LogP contribution in [0.15, 0.2) is 41.3 Å². The lowest BCUT2D eigenvalue weighted by molar-refractivity contribution is 0.601. The summed E-state index contributed by atoms with van der Waals surface area (Å²) in [5.74, 6) is -0.462. The molecule has 0 aliphatic carbocycles. The highest BCUT2D eigenvalue weighted by Crippen LogP contribution is 2.22. The molecule has 0 heterocycles. The number of nitrogens with one attached hydrogen (secondary N) is 1. The molecule has 0 unspecified atom stereocenters. The minimum absolute atomic E-state index is 0.0539. The van der Waals surface area contributed by atoms with Gasteiger partial charge in [0.15, 0.2) is 0 Å². The molecule has 2 aromatic carbocycles. The summed E-state index contributed by atoms with van der Waals surface area (Å²) in [6.07, 6.45) is 0.725. The minimum Gasteiger partial charge on any atom is -0.398 e. The predicted molar refractivity (Wildman–Crippen MR) is 82.2 cm³/mol. The van der Waals surface area contributed by atoms with Crippen LogP contribution < -0.4 is 10.5 Å². The number of nitrogen functional groups attached to an aromatic ring is 1. The Balaban J connectivity index is 2.33. The standard InChI is InChI=1S/C15H17FN2O2S/c1-3-11-5-7-13(9-15(11)17)21(19,20)18-12-6-4-10(2)14(16)8-12/h4-9,18H,3,17H2,1-2H3. The van der Waals surface area contributed by atoms with Crippen LogP contribution in [0.3, 0.4) is 0 Å². The van der Waals surface area contributed by atoms with Crippen molar-refractivity contribution in [3.8, 4) is 0 Å². The van der Waals surface area contributed by atoms with Crippen LogP contribution in [0.25, 0.3) is 0 Å². The molecule has 0 saturated heterocycles. The van der Waals surface area contributed by atoms with Crippen LogP contribution in [0, 0.1) is 12.7 Å². The van der Waals surface area contributed by atoms with Gasteiger partial charge in [-0.15, -0.1) is 0 Å². The van der Waals surface area contributed by atoms with Gasteiger partial charge in [-0.1, -0.05) is 19.1 Å².